The van der Waals surface area contributed by atoms with Crippen LogP contribution in [0.15, 0.2) is 0 Å². The molecule has 0 rings (SSSR count). The third-order valence-corrected chi connectivity index (χ3v) is 0. The van der Waals surface area contributed by atoms with E-state index in [1.165, 1.54) is 0 Å². The summed E-state index contributed by atoms with van der Waals surface area (Å²) >= 11 is 0. The Morgan fingerprint density at radius 1 is 1.10 bits per heavy atom. The molecule has 0 fully saturated rings. The summed E-state index contributed by atoms with van der Waals surface area (Å²) in [6, 6.07) is 0. The third-order valence-electron chi connectivity index (χ3n) is 0. The van der Waals surface area contributed by atoms with Gasteiger partial charge in [-0.15, -0.1) is 0 Å². The second-order valence-corrected chi connectivity index (χ2v) is 1.37. The molecule has 0 spiro atoms. The van der Waals surface area contributed by atoms with Crippen LogP contribution in [-0.2, 0) is 10.4 Å². The Labute approximate surface area is 103 Å². The molecule has 0 aromatic carbocycles. The summed E-state index contributed by atoms with van der Waals surface area (Å²) in [4.78, 5) is 0. The van der Waals surface area contributed by atoms with E-state index in [9.17, 15) is 0 Å². The first kappa shape index (κ1) is 22.6. The summed E-state index contributed by atoms with van der Waals surface area (Å²) in [6.07, 6.45) is 0. The van der Waals surface area contributed by atoms with Gasteiger partial charge in [-0.3, -0.25) is 8.42 Å². The Bertz CT molecular complexity index is 110. The molecule has 0 aliphatic rings. The van der Waals surface area contributed by atoms with E-state index in [-0.39, 0.29) is 59.1 Å². The van der Waals surface area contributed by atoms with Crippen LogP contribution >= 0.6 is 0 Å². The number of aliphatic hydroxyl groups excluding tert-OH is 1. The summed E-state index contributed by atoms with van der Waals surface area (Å²) in [5.74, 6) is 0. The van der Waals surface area contributed by atoms with Crippen molar-refractivity contribution in [1.29, 1.82) is 0 Å². The van der Waals surface area contributed by atoms with Crippen LogP contribution in [0.1, 0.15) is 0 Å². The number of hydrogen-bond acceptors (Lipinski definition) is 6. The summed E-state index contributed by atoms with van der Waals surface area (Å²) in [5.41, 5.74) is 0. The molecular weight excluding hydrogens is 186 g/mol. The van der Waals surface area contributed by atoms with Gasteiger partial charge in [0.15, 0.2) is 0 Å². The monoisotopic (exact) mass is 190 g/mol. The number of hydrogen-bond donors (Lipinski definition) is 2. The first-order valence-electron chi connectivity index (χ1n) is 1.30. The molecule has 0 aromatic heterocycles. The van der Waals surface area contributed by atoms with Gasteiger partial charge in [0.1, 0.15) is 6.79 Å². The number of aliphatic hydroxyl groups is 2. The van der Waals surface area contributed by atoms with Crippen molar-refractivity contribution in [3.8, 4) is 0 Å². The van der Waals surface area contributed by atoms with Gasteiger partial charge in [-0.05, 0) is 0 Å². The van der Waals surface area contributed by atoms with Gasteiger partial charge < -0.3 is 19.3 Å². The minimum Gasteiger partial charge on any atom is -0.759 e. The summed E-state index contributed by atoms with van der Waals surface area (Å²) in [7, 11) is -5.17. The smallest absolute Gasteiger partial charge is 0.759 e. The first-order chi connectivity index (χ1) is 3.41. The van der Waals surface area contributed by atoms with Crippen LogP contribution in [0.4, 0.5) is 0 Å². The van der Waals surface area contributed by atoms with E-state index in [4.69, 9.17) is 27.7 Å². The Balaban J connectivity index is -0.0000000326. The minimum atomic E-state index is -5.17. The van der Waals surface area contributed by atoms with E-state index in [1.807, 2.05) is 0 Å². The van der Waals surface area contributed by atoms with E-state index in [0.717, 1.165) is 0 Å². The molecule has 0 bridgehead atoms. The van der Waals surface area contributed by atoms with Gasteiger partial charge in [-0.25, -0.2) is 0 Å². The molecule has 0 radical (unpaired) electrons. The van der Waals surface area contributed by atoms with Gasteiger partial charge in [-0.1, -0.05) is 0 Å². The SMILES string of the molecule is O=S(=O)([O-])[O-].OCO.[Na+].[Na+]. The van der Waals surface area contributed by atoms with Crippen molar-refractivity contribution in [2.45, 2.75) is 0 Å². The predicted octanol–water partition coefficient (Wildman–Crippen LogP) is -8.40. The van der Waals surface area contributed by atoms with Crippen molar-refractivity contribution in [1.82, 2.24) is 0 Å². The first-order valence-corrected chi connectivity index (χ1v) is 2.63. The maximum Gasteiger partial charge on any atom is 1.00 e. The van der Waals surface area contributed by atoms with E-state index >= 15 is 0 Å². The van der Waals surface area contributed by atoms with Crippen LogP contribution in [0.5, 0.6) is 0 Å². The molecule has 2 N–H and O–H groups in total. The fraction of sp³-hybridized carbons (Fsp3) is 1.00. The molecule has 0 unspecified atom stereocenters. The molecule has 0 aromatic rings. The summed E-state index contributed by atoms with van der Waals surface area (Å²) in [6.45, 7) is -0.750. The van der Waals surface area contributed by atoms with Gasteiger partial charge in [-0.2, -0.15) is 0 Å². The normalized spacial score (nSPS) is 7.60. The Morgan fingerprint density at radius 3 is 1.10 bits per heavy atom. The van der Waals surface area contributed by atoms with E-state index in [2.05, 4.69) is 0 Å². The van der Waals surface area contributed by atoms with Crippen molar-refractivity contribution in [3.63, 3.8) is 0 Å². The summed E-state index contributed by atoms with van der Waals surface area (Å²) < 4.78 is 34.1. The Kier molecular flexibility index (Phi) is 30.3. The molecule has 9 heteroatoms. The van der Waals surface area contributed by atoms with Gasteiger partial charge >= 0.3 is 59.1 Å². The summed E-state index contributed by atoms with van der Waals surface area (Å²) in [5, 5.41) is 14.2. The third kappa shape index (κ3) is 236. The van der Waals surface area contributed by atoms with E-state index in [0.29, 0.717) is 0 Å². The molecular formula is CH4Na2O6S. The Hall–Kier alpha value is 1.79. The molecule has 6 nitrogen and oxygen atoms in total. The molecule has 0 aliphatic carbocycles. The van der Waals surface area contributed by atoms with Gasteiger partial charge in [0, 0.05) is 10.4 Å². The van der Waals surface area contributed by atoms with Gasteiger partial charge in [0.05, 0.1) is 0 Å². The molecule has 0 saturated carbocycles. The average molecular weight is 190 g/mol. The zero-order chi connectivity index (χ0) is 7.21. The maximum absolute atomic E-state index is 8.52. The van der Waals surface area contributed by atoms with Crippen molar-refractivity contribution >= 4 is 10.4 Å². The zero-order valence-electron chi connectivity index (χ0n) is 5.64. The molecule has 0 saturated heterocycles. The zero-order valence-corrected chi connectivity index (χ0v) is 10.5. The fourth-order valence-electron chi connectivity index (χ4n) is 0. The van der Waals surface area contributed by atoms with Crippen molar-refractivity contribution in [2.24, 2.45) is 0 Å². The van der Waals surface area contributed by atoms with Crippen LogP contribution in [0.2, 0.25) is 0 Å². The quantitative estimate of drug-likeness (QED) is 0.169. The Morgan fingerprint density at radius 2 is 1.10 bits per heavy atom. The van der Waals surface area contributed by atoms with E-state index < -0.39 is 17.2 Å². The molecule has 0 heterocycles. The predicted molar refractivity (Wildman–Crippen MR) is 19.8 cm³/mol. The molecule has 0 atom stereocenters. The fourth-order valence-corrected chi connectivity index (χ4v) is 0. The topological polar surface area (TPSA) is 121 Å². The molecule has 10 heavy (non-hydrogen) atoms. The maximum atomic E-state index is 8.52. The van der Waals surface area contributed by atoms with Gasteiger partial charge in [0.25, 0.3) is 0 Å². The van der Waals surface area contributed by atoms with Crippen LogP contribution in [0.3, 0.4) is 0 Å². The minimum absolute atomic E-state index is 0. The number of rotatable bonds is 0. The second-order valence-electron chi connectivity index (χ2n) is 0.550. The van der Waals surface area contributed by atoms with Crippen LogP contribution < -0.4 is 59.1 Å². The van der Waals surface area contributed by atoms with Gasteiger partial charge in [0.2, 0.25) is 0 Å². The van der Waals surface area contributed by atoms with E-state index in [1.54, 1.807) is 0 Å². The standard InChI is InChI=1S/CH4O2.2Na.H2O4S/c2-1-3;;;1-5(2,3)4/h2-3H,1H2;;;(H2,1,2,3,4)/q;2*+1;/p-2. The van der Waals surface area contributed by atoms with Crippen molar-refractivity contribution < 1.29 is 86.9 Å². The van der Waals surface area contributed by atoms with Crippen LogP contribution in [0.25, 0.3) is 0 Å². The average Bonchev–Trinajstić information content (AvgIpc) is 1.27. The van der Waals surface area contributed by atoms with Crippen molar-refractivity contribution in [2.75, 3.05) is 6.79 Å². The molecule has 0 aliphatic heterocycles. The van der Waals surface area contributed by atoms with Crippen LogP contribution in [0, 0.1) is 0 Å². The van der Waals surface area contributed by atoms with Crippen molar-refractivity contribution in [3.05, 3.63) is 0 Å². The largest absolute Gasteiger partial charge is 1.00 e. The molecule has 52 valence electrons. The molecule has 0 amide bonds. The second kappa shape index (κ2) is 13.4. The van der Waals surface area contributed by atoms with Crippen LogP contribution in [-0.4, -0.2) is 34.5 Å².